The van der Waals surface area contributed by atoms with Crippen LogP contribution in [0.2, 0.25) is 0 Å². The third-order valence-electron chi connectivity index (χ3n) is 3.16. The van der Waals surface area contributed by atoms with E-state index in [1.54, 1.807) is 4.68 Å². The molecule has 0 bridgehead atoms. The first-order valence-electron chi connectivity index (χ1n) is 5.87. The molecule has 4 nitrogen and oxygen atoms in total. The lowest BCUT2D eigenvalue weighted by molar-refractivity contribution is 0.0675. The van der Waals surface area contributed by atoms with Crippen molar-refractivity contribution in [2.24, 2.45) is 13.0 Å². The van der Waals surface area contributed by atoms with Crippen molar-refractivity contribution in [3.8, 4) is 0 Å². The van der Waals surface area contributed by atoms with E-state index in [1.165, 1.54) is 6.42 Å². The molecule has 0 radical (unpaired) electrons. The Hall–Kier alpha value is -1.32. The average molecular weight is 221 g/mol. The largest absolute Gasteiger partial charge is 0.337 e. The molecule has 1 saturated heterocycles. The molecule has 0 aliphatic carbocycles. The van der Waals surface area contributed by atoms with E-state index in [4.69, 9.17) is 0 Å². The van der Waals surface area contributed by atoms with Crippen LogP contribution in [0.1, 0.15) is 35.8 Å². The molecule has 1 aromatic heterocycles. The van der Waals surface area contributed by atoms with E-state index in [2.05, 4.69) is 12.0 Å². The highest BCUT2D eigenvalue weighted by molar-refractivity contribution is 5.93. The van der Waals surface area contributed by atoms with E-state index in [0.29, 0.717) is 11.6 Å². The Bertz CT molecular complexity index is 397. The third kappa shape index (κ3) is 2.10. The topological polar surface area (TPSA) is 38.1 Å². The molecule has 1 atom stereocenters. The van der Waals surface area contributed by atoms with Gasteiger partial charge < -0.3 is 4.90 Å². The van der Waals surface area contributed by atoms with Gasteiger partial charge in [0.25, 0.3) is 5.91 Å². The van der Waals surface area contributed by atoms with Gasteiger partial charge in [-0.05, 0) is 25.7 Å². The van der Waals surface area contributed by atoms with Crippen molar-refractivity contribution >= 4 is 5.91 Å². The first-order valence-corrected chi connectivity index (χ1v) is 5.87. The van der Waals surface area contributed by atoms with E-state index in [1.807, 2.05) is 25.1 Å². The summed E-state index contributed by atoms with van der Waals surface area (Å²) in [5, 5.41) is 4.24. The molecule has 0 spiro atoms. The Morgan fingerprint density at radius 2 is 2.31 bits per heavy atom. The lowest BCUT2D eigenvalue weighted by Crippen LogP contribution is -2.39. The zero-order valence-corrected chi connectivity index (χ0v) is 10.2. The van der Waals surface area contributed by atoms with Gasteiger partial charge >= 0.3 is 0 Å². The molecular weight excluding hydrogens is 202 g/mol. The maximum absolute atomic E-state index is 12.2. The number of carbonyl (C=O) groups is 1. The Balaban J connectivity index is 2.15. The quantitative estimate of drug-likeness (QED) is 0.722. The van der Waals surface area contributed by atoms with Gasteiger partial charge in [-0.25, -0.2) is 0 Å². The van der Waals surface area contributed by atoms with E-state index in [-0.39, 0.29) is 5.91 Å². The van der Waals surface area contributed by atoms with Crippen molar-refractivity contribution in [3.05, 3.63) is 17.5 Å². The van der Waals surface area contributed by atoms with Crippen LogP contribution >= 0.6 is 0 Å². The minimum Gasteiger partial charge on any atom is -0.337 e. The Kier molecular flexibility index (Phi) is 2.99. The molecule has 1 aromatic rings. The molecule has 1 amide bonds. The fraction of sp³-hybridized carbons (Fsp3) is 0.667. The molecule has 16 heavy (non-hydrogen) atoms. The van der Waals surface area contributed by atoms with Crippen molar-refractivity contribution in [3.63, 3.8) is 0 Å². The number of hydrogen-bond acceptors (Lipinski definition) is 2. The van der Waals surface area contributed by atoms with E-state index < -0.39 is 0 Å². The molecule has 1 unspecified atom stereocenters. The monoisotopic (exact) mass is 221 g/mol. The van der Waals surface area contributed by atoms with Crippen molar-refractivity contribution in [2.75, 3.05) is 13.1 Å². The number of aromatic nitrogens is 2. The minimum atomic E-state index is 0.0876. The van der Waals surface area contributed by atoms with Crippen LogP contribution < -0.4 is 0 Å². The molecule has 0 saturated carbocycles. The maximum atomic E-state index is 12.2. The number of aryl methyl sites for hydroxylation is 2. The fourth-order valence-corrected chi connectivity index (χ4v) is 2.34. The smallest absolute Gasteiger partial charge is 0.274 e. The lowest BCUT2D eigenvalue weighted by atomic mass is 10.00. The van der Waals surface area contributed by atoms with Crippen LogP contribution in [0.3, 0.4) is 0 Å². The summed E-state index contributed by atoms with van der Waals surface area (Å²) < 4.78 is 1.70. The van der Waals surface area contributed by atoms with Gasteiger partial charge in [0.2, 0.25) is 0 Å². The van der Waals surface area contributed by atoms with E-state index >= 15 is 0 Å². The summed E-state index contributed by atoms with van der Waals surface area (Å²) in [5.74, 6) is 0.700. The van der Waals surface area contributed by atoms with Crippen LogP contribution in [0.5, 0.6) is 0 Å². The molecular formula is C12H19N3O. The number of hydrogen-bond donors (Lipinski definition) is 0. The van der Waals surface area contributed by atoms with Gasteiger partial charge in [0, 0.05) is 31.9 Å². The van der Waals surface area contributed by atoms with Crippen LogP contribution in [0.25, 0.3) is 0 Å². The van der Waals surface area contributed by atoms with Gasteiger partial charge in [0.05, 0.1) is 0 Å². The Labute approximate surface area is 96.2 Å². The molecule has 2 heterocycles. The van der Waals surface area contributed by atoms with Crippen molar-refractivity contribution in [1.82, 2.24) is 14.7 Å². The van der Waals surface area contributed by atoms with Crippen LogP contribution in [0.4, 0.5) is 0 Å². The van der Waals surface area contributed by atoms with Gasteiger partial charge in [0.1, 0.15) is 0 Å². The molecule has 1 aliphatic rings. The van der Waals surface area contributed by atoms with Gasteiger partial charge in [-0.3, -0.25) is 9.48 Å². The summed E-state index contributed by atoms with van der Waals surface area (Å²) >= 11 is 0. The first-order chi connectivity index (χ1) is 7.58. The first kappa shape index (κ1) is 11.2. The predicted octanol–water partition coefficient (Wildman–Crippen LogP) is 1.60. The van der Waals surface area contributed by atoms with Crippen LogP contribution in [0, 0.1) is 12.8 Å². The summed E-state index contributed by atoms with van der Waals surface area (Å²) in [7, 11) is 1.85. The molecule has 2 rings (SSSR count). The van der Waals surface area contributed by atoms with Crippen LogP contribution in [0.15, 0.2) is 6.20 Å². The Morgan fingerprint density at radius 3 is 2.88 bits per heavy atom. The minimum absolute atomic E-state index is 0.0876. The van der Waals surface area contributed by atoms with Gasteiger partial charge in [0.15, 0.2) is 5.69 Å². The van der Waals surface area contributed by atoms with Crippen LogP contribution in [-0.4, -0.2) is 33.7 Å². The summed E-state index contributed by atoms with van der Waals surface area (Å²) in [4.78, 5) is 14.2. The van der Waals surface area contributed by atoms with E-state index in [0.717, 1.165) is 25.1 Å². The number of piperidine rings is 1. The van der Waals surface area contributed by atoms with Crippen molar-refractivity contribution in [2.45, 2.75) is 26.7 Å². The number of nitrogens with zero attached hydrogens (tertiary/aromatic N) is 3. The summed E-state index contributed by atoms with van der Waals surface area (Å²) in [5.41, 5.74) is 1.57. The highest BCUT2D eigenvalue weighted by atomic mass is 16.2. The normalized spacial score (nSPS) is 21.2. The highest BCUT2D eigenvalue weighted by Gasteiger charge is 2.24. The van der Waals surface area contributed by atoms with Crippen molar-refractivity contribution < 1.29 is 4.79 Å². The number of rotatable bonds is 1. The molecule has 88 valence electrons. The van der Waals surface area contributed by atoms with Crippen LogP contribution in [-0.2, 0) is 7.05 Å². The number of carbonyl (C=O) groups excluding carboxylic acids is 1. The molecule has 1 fully saturated rings. The molecule has 1 aliphatic heterocycles. The van der Waals surface area contributed by atoms with E-state index in [9.17, 15) is 4.79 Å². The zero-order valence-electron chi connectivity index (χ0n) is 10.2. The number of amides is 1. The fourth-order valence-electron chi connectivity index (χ4n) is 2.34. The lowest BCUT2D eigenvalue weighted by Gasteiger charge is -2.30. The molecule has 0 N–H and O–H groups in total. The highest BCUT2D eigenvalue weighted by Crippen LogP contribution is 2.18. The van der Waals surface area contributed by atoms with Gasteiger partial charge in [-0.1, -0.05) is 6.92 Å². The molecule has 0 aromatic carbocycles. The Morgan fingerprint density at radius 1 is 1.56 bits per heavy atom. The molecule has 4 heteroatoms. The second kappa shape index (κ2) is 4.28. The van der Waals surface area contributed by atoms with Gasteiger partial charge in [-0.15, -0.1) is 0 Å². The SMILES string of the molecule is Cc1cn(C)nc1C(=O)N1CCCC(C)C1. The maximum Gasteiger partial charge on any atom is 0.274 e. The third-order valence-corrected chi connectivity index (χ3v) is 3.16. The van der Waals surface area contributed by atoms with Gasteiger partial charge in [-0.2, -0.15) is 5.10 Å². The predicted molar refractivity (Wildman–Crippen MR) is 62.2 cm³/mol. The van der Waals surface area contributed by atoms with Crippen molar-refractivity contribution in [1.29, 1.82) is 0 Å². The summed E-state index contributed by atoms with van der Waals surface area (Å²) in [6.07, 6.45) is 4.23. The number of likely N-dealkylation sites (tertiary alicyclic amines) is 1. The average Bonchev–Trinajstić information content (AvgIpc) is 2.57. The summed E-state index contributed by atoms with van der Waals surface area (Å²) in [6, 6.07) is 0. The second-order valence-corrected chi connectivity index (χ2v) is 4.83. The summed E-state index contributed by atoms with van der Waals surface area (Å²) in [6.45, 7) is 5.88. The zero-order chi connectivity index (χ0) is 11.7. The standard InChI is InChI=1S/C12H19N3O/c1-9-5-4-6-15(7-9)12(16)11-10(2)8-14(3)13-11/h8-9H,4-7H2,1-3H3. The second-order valence-electron chi connectivity index (χ2n) is 4.83.